The van der Waals surface area contributed by atoms with Crippen LogP contribution in [0.1, 0.15) is 278 Å². The fourth-order valence-corrected chi connectivity index (χ4v) is 8.76. The quantitative estimate of drug-likeness (QED) is 0.0261. The van der Waals surface area contributed by atoms with Gasteiger partial charge in [-0.05, 0) is 135 Å². The average molecular weight is 1140 g/mol. The van der Waals surface area contributed by atoms with Gasteiger partial charge in [-0.25, -0.2) is 0 Å². The number of allylic oxidation sites excluding steroid dienone is 28. The Morgan fingerprint density at radius 2 is 0.470 bits per heavy atom. The van der Waals surface area contributed by atoms with E-state index in [4.69, 9.17) is 14.2 Å². The summed E-state index contributed by atoms with van der Waals surface area (Å²) in [5.41, 5.74) is 0. The minimum absolute atomic E-state index is 0.102. The first-order valence-electron chi connectivity index (χ1n) is 33.6. The highest BCUT2D eigenvalue weighted by atomic mass is 16.6. The number of rotatable bonds is 59. The lowest BCUT2D eigenvalue weighted by molar-refractivity contribution is -0.167. The second-order valence-corrected chi connectivity index (χ2v) is 21.6. The lowest BCUT2D eigenvalue weighted by Gasteiger charge is -2.18. The molecule has 0 spiro atoms. The van der Waals surface area contributed by atoms with Gasteiger partial charge in [0.2, 0.25) is 0 Å². The monoisotopic (exact) mass is 1140 g/mol. The summed E-state index contributed by atoms with van der Waals surface area (Å²) in [4.78, 5) is 38.4. The number of hydrogen-bond acceptors (Lipinski definition) is 6. The van der Waals surface area contributed by atoms with Crippen LogP contribution in [0.2, 0.25) is 0 Å². The van der Waals surface area contributed by atoms with Crippen LogP contribution in [0.15, 0.2) is 170 Å². The van der Waals surface area contributed by atoms with E-state index >= 15 is 0 Å². The van der Waals surface area contributed by atoms with Gasteiger partial charge in [-0.2, -0.15) is 0 Å². The Morgan fingerprint density at radius 3 is 0.747 bits per heavy atom. The second kappa shape index (κ2) is 69.3. The smallest absolute Gasteiger partial charge is 0.306 e. The van der Waals surface area contributed by atoms with Crippen molar-refractivity contribution in [1.82, 2.24) is 0 Å². The molecule has 1 unspecified atom stereocenters. The normalized spacial score (nSPS) is 13.2. The Morgan fingerprint density at radius 1 is 0.253 bits per heavy atom. The number of unbranched alkanes of at least 4 members (excludes halogenated alkanes) is 20. The molecule has 0 amide bonds. The molecular weight excluding hydrogens is 1020 g/mol. The zero-order valence-electron chi connectivity index (χ0n) is 53.4. The van der Waals surface area contributed by atoms with E-state index in [0.717, 1.165) is 173 Å². The number of hydrogen-bond donors (Lipinski definition) is 0. The minimum Gasteiger partial charge on any atom is -0.462 e. The van der Waals surface area contributed by atoms with Gasteiger partial charge in [-0.15, -0.1) is 0 Å². The number of esters is 3. The van der Waals surface area contributed by atoms with Crippen molar-refractivity contribution in [2.24, 2.45) is 0 Å². The first-order valence-corrected chi connectivity index (χ1v) is 33.6. The van der Waals surface area contributed by atoms with E-state index in [9.17, 15) is 14.4 Å². The first-order chi connectivity index (χ1) is 41.0. The van der Waals surface area contributed by atoms with Gasteiger partial charge in [0.25, 0.3) is 0 Å². The Hall–Kier alpha value is -5.23. The molecule has 1 atom stereocenters. The van der Waals surface area contributed by atoms with Crippen molar-refractivity contribution >= 4 is 17.9 Å². The summed E-state index contributed by atoms with van der Waals surface area (Å²) in [6, 6.07) is 0. The molecule has 466 valence electrons. The molecule has 0 rings (SSSR count). The van der Waals surface area contributed by atoms with E-state index < -0.39 is 6.10 Å². The van der Waals surface area contributed by atoms with E-state index in [-0.39, 0.29) is 31.1 Å². The third-order valence-electron chi connectivity index (χ3n) is 13.7. The Kier molecular flexibility index (Phi) is 64.9. The lowest BCUT2D eigenvalue weighted by atomic mass is 10.0. The summed E-state index contributed by atoms with van der Waals surface area (Å²) in [5, 5.41) is 0. The molecule has 0 aliphatic carbocycles. The molecule has 0 aliphatic rings. The molecule has 6 nitrogen and oxygen atoms in total. The fraction of sp³-hybridized carbons (Fsp3) is 0.597. The highest BCUT2D eigenvalue weighted by molar-refractivity contribution is 5.71. The molecule has 0 aromatic carbocycles. The maximum atomic E-state index is 12.9. The van der Waals surface area contributed by atoms with Crippen molar-refractivity contribution in [3.63, 3.8) is 0 Å². The van der Waals surface area contributed by atoms with Crippen molar-refractivity contribution in [3.05, 3.63) is 170 Å². The topological polar surface area (TPSA) is 78.9 Å². The van der Waals surface area contributed by atoms with Gasteiger partial charge in [0.15, 0.2) is 6.10 Å². The molecule has 0 aromatic heterocycles. The third-order valence-corrected chi connectivity index (χ3v) is 13.7. The minimum atomic E-state index is -0.811. The number of ether oxygens (including phenoxy) is 3. The Bertz CT molecular complexity index is 1890. The summed E-state index contributed by atoms with van der Waals surface area (Å²) in [5.74, 6) is -0.956. The van der Waals surface area contributed by atoms with Crippen LogP contribution in [-0.4, -0.2) is 37.2 Å². The molecule has 0 aliphatic heterocycles. The van der Waals surface area contributed by atoms with Gasteiger partial charge in [0.1, 0.15) is 13.2 Å². The van der Waals surface area contributed by atoms with Crippen molar-refractivity contribution in [2.45, 2.75) is 284 Å². The molecule has 0 aromatic rings. The van der Waals surface area contributed by atoms with Crippen LogP contribution in [0.4, 0.5) is 0 Å². The maximum absolute atomic E-state index is 12.9. The van der Waals surface area contributed by atoms with Crippen LogP contribution in [0, 0.1) is 0 Å². The fourth-order valence-electron chi connectivity index (χ4n) is 8.76. The maximum Gasteiger partial charge on any atom is 0.306 e. The summed E-state index contributed by atoms with van der Waals surface area (Å²) in [7, 11) is 0. The van der Waals surface area contributed by atoms with Gasteiger partial charge >= 0.3 is 17.9 Å². The molecule has 0 N–H and O–H groups in total. The second-order valence-electron chi connectivity index (χ2n) is 21.6. The van der Waals surface area contributed by atoms with E-state index in [1.54, 1.807) is 0 Å². The predicted octanol–water partition coefficient (Wildman–Crippen LogP) is 23.4. The first kappa shape index (κ1) is 77.8. The Balaban J connectivity index is 4.45. The van der Waals surface area contributed by atoms with E-state index in [2.05, 4.69) is 191 Å². The summed E-state index contributed by atoms with van der Waals surface area (Å²) in [6.07, 6.45) is 102. The predicted molar refractivity (Wildman–Crippen MR) is 361 cm³/mol. The molecular formula is C77H122O6. The van der Waals surface area contributed by atoms with Crippen molar-refractivity contribution < 1.29 is 28.6 Å². The van der Waals surface area contributed by atoms with Crippen LogP contribution < -0.4 is 0 Å². The van der Waals surface area contributed by atoms with Gasteiger partial charge in [-0.1, -0.05) is 294 Å². The van der Waals surface area contributed by atoms with Crippen LogP contribution >= 0.6 is 0 Å². The molecule has 0 bridgehead atoms. The standard InChI is InChI=1S/C77H122O6/c1-4-7-10-13-16-19-22-25-27-29-31-33-34-35-36-37-38-39-40-41-42-44-45-47-49-52-55-58-61-64-67-70-76(79)82-73-74(72-81-75(78)69-66-63-60-57-54-51-24-21-18-15-12-9-6-3)83-77(80)71-68-65-62-59-56-53-50-48-46-43-32-30-28-26-23-20-17-14-11-8-5-2/h7-8,10-11,16-17,19-20,25-28,31-33,35-36,38-39,41-43,45,47-48,50,52,55,74H,4-6,9,12-15,18,21-24,29-30,34,37,40,44,46,49,51,53-54,56-73H2,1-3H3/b10-7-,11-8-,19-16-,20-17-,27-25-,28-26-,33-31-,36-35-,39-38-,42-41-,43-32-,47-45-,50-48-,55-52-. The SMILES string of the molecule is CC/C=C\C/C=C\C/C=C\C/C=C\C/C=C\C/C=C\C/C=C\C/C=C\C/C=C\CCCCCC(=O)OCC(COC(=O)CCCCCCCCCCCCCCC)OC(=O)CCCCCCC/C=C\C/C=C\C/C=C\C/C=C\C/C=C\CC. The third kappa shape index (κ3) is 67.4. The summed E-state index contributed by atoms with van der Waals surface area (Å²) < 4.78 is 16.9. The molecule has 0 fully saturated rings. The molecule has 6 heteroatoms. The highest BCUT2D eigenvalue weighted by Crippen LogP contribution is 2.15. The van der Waals surface area contributed by atoms with E-state index in [1.165, 1.54) is 64.2 Å². The van der Waals surface area contributed by atoms with E-state index in [1.807, 2.05) is 0 Å². The molecule has 0 saturated heterocycles. The van der Waals surface area contributed by atoms with Crippen molar-refractivity contribution in [1.29, 1.82) is 0 Å². The van der Waals surface area contributed by atoms with Crippen LogP contribution in [0.3, 0.4) is 0 Å². The van der Waals surface area contributed by atoms with Gasteiger partial charge in [-0.3, -0.25) is 14.4 Å². The average Bonchev–Trinajstić information content (AvgIpc) is 3.49. The molecule has 0 heterocycles. The molecule has 0 saturated carbocycles. The largest absolute Gasteiger partial charge is 0.462 e. The van der Waals surface area contributed by atoms with Crippen molar-refractivity contribution in [3.8, 4) is 0 Å². The lowest BCUT2D eigenvalue weighted by Crippen LogP contribution is -2.30. The van der Waals surface area contributed by atoms with Crippen molar-refractivity contribution in [2.75, 3.05) is 13.2 Å². The zero-order valence-corrected chi connectivity index (χ0v) is 53.4. The molecule has 83 heavy (non-hydrogen) atoms. The van der Waals surface area contributed by atoms with Gasteiger partial charge < -0.3 is 14.2 Å². The number of carbonyl (C=O) groups is 3. The summed E-state index contributed by atoms with van der Waals surface area (Å²) >= 11 is 0. The van der Waals surface area contributed by atoms with Gasteiger partial charge in [0.05, 0.1) is 0 Å². The van der Waals surface area contributed by atoms with E-state index in [0.29, 0.717) is 19.3 Å². The zero-order chi connectivity index (χ0) is 59.9. The van der Waals surface area contributed by atoms with Crippen LogP contribution in [-0.2, 0) is 28.6 Å². The number of carbonyl (C=O) groups excluding carboxylic acids is 3. The Labute approximate surface area is 511 Å². The van der Waals surface area contributed by atoms with Crippen LogP contribution in [0.25, 0.3) is 0 Å². The molecule has 0 radical (unpaired) electrons. The summed E-state index contributed by atoms with van der Waals surface area (Å²) in [6.45, 7) is 6.37. The highest BCUT2D eigenvalue weighted by Gasteiger charge is 2.19. The van der Waals surface area contributed by atoms with Gasteiger partial charge in [0, 0.05) is 19.3 Å². The van der Waals surface area contributed by atoms with Crippen LogP contribution in [0.5, 0.6) is 0 Å².